The van der Waals surface area contributed by atoms with Crippen LogP contribution in [-0.4, -0.2) is 16.1 Å². The van der Waals surface area contributed by atoms with E-state index in [0.29, 0.717) is 9.09 Å². The van der Waals surface area contributed by atoms with Gasteiger partial charge in [-0.3, -0.25) is 9.89 Å². The Bertz CT molecular complexity index is 572. The molecule has 0 saturated carbocycles. The molecule has 0 aliphatic rings. The van der Waals surface area contributed by atoms with E-state index in [1.807, 2.05) is 24.3 Å². The van der Waals surface area contributed by atoms with Gasteiger partial charge in [-0.1, -0.05) is 11.3 Å². The van der Waals surface area contributed by atoms with Gasteiger partial charge in [0, 0.05) is 18.3 Å². The number of anilines is 3. The monoisotopic (exact) mass is 266 g/mol. The van der Waals surface area contributed by atoms with E-state index in [9.17, 15) is 4.79 Å². The highest BCUT2D eigenvalue weighted by Crippen LogP contribution is 2.20. The van der Waals surface area contributed by atoms with E-state index in [1.54, 1.807) is 0 Å². The van der Waals surface area contributed by atoms with Crippen molar-refractivity contribution in [3.8, 4) is 0 Å². The topological polar surface area (TPSA) is 69.8 Å². The summed E-state index contributed by atoms with van der Waals surface area (Å²) >= 11 is 6.30. The number of nitrogens with one attached hydrogen (secondary N) is 3. The van der Waals surface area contributed by atoms with E-state index in [1.165, 1.54) is 18.3 Å². The normalized spacial score (nSPS) is 9.94. The zero-order chi connectivity index (χ0) is 12.3. The largest absolute Gasteiger partial charge is 0.330 e. The fourth-order valence-electron chi connectivity index (χ4n) is 1.25. The maximum Gasteiger partial charge on any atom is 0.221 e. The van der Waals surface area contributed by atoms with Crippen molar-refractivity contribution in [3.63, 3.8) is 0 Å². The summed E-state index contributed by atoms with van der Waals surface area (Å²) in [4.78, 5) is 10.8. The van der Waals surface area contributed by atoms with Gasteiger partial charge in [0.2, 0.25) is 11.0 Å². The number of hydrogen-bond donors (Lipinski definition) is 3. The van der Waals surface area contributed by atoms with Crippen molar-refractivity contribution in [2.75, 3.05) is 10.6 Å². The third kappa shape index (κ3) is 3.36. The highest BCUT2D eigenvalue weighted by atomic mass is 32.1. The van der Waals surface area contributed by atoms with Gasteiger partial charge < -0.3 is 10.6 Å². The van der Waals surface area contributed by atoms with E-state index in [-0.39, 0.29) is 5.91 Å². The highest BCUT2D eigenvalue weighted by molar-refractivity contribution is 7.73. The Hall–Kier alpha value is -1.73. The van der Waals surface area contributed by atoms with Crippen molar-refractivity contribution in [3.05, 3.63) is 28.2 Å². The predicted molar refractivity (Wildman–Crippen MR) is 71.3 cm³/mol. The molecule has 3 N–H and O–H groups in total. The molecule has 0 fully saturated rings. The lowest BCUT2D eigenvalue weighted by Gasteiger charge is -2.04. The number of H-pyrrole nitrogens is 1. The first-order valence-electron chi connectivity index (χ1n) is 4.84. The van der Waals surface area contributed by atoms with E-state index in [4.69, 9.17) is 12.2 Å². The number of rotatable bonds is 3. The number of aromatic nitrogens is 2. The van der Waals surface area contributed by atoms with Gasteiger partial charge in [0.05, 0.1) is 0 Å². The minimum absolute atomic E-state index is 0.0871. The average molecular weight is 266 g/mol. The second-order valence-electron chi connectivity index (χ2n) is 3.30. The Morgan fingerprint density at radius 3 is 2.53 bits per heavy atom. The van der Waals surface area contributed by atoms with Crippen LogP contribution in [0.5, 0.6) is 0 Å². The SMILES string of the molecule is CC(=O)Nc1ccc(Nc2n[nH]c(=S)s2)cc1. The zero-order valence-electron chi connectivity index (χ0n) is 8.98. The van der Waals surface area contributed by atoms with Crippen molar-refractivity contribution < 1.29 is 4.79 Å². The summed E-state index contributed by atoms with van der Waals surface area (Å²) in [5, 5.41) is 13.2. The highest BCUT2D eigenvalue weighted by Gasteiger charge is 1.99. The summed E-state index contributed by atoms with van der Waals surface area (Å²) in [6.45, 7) is 1.47. The Morgan fingerprint density at radius 2 is 2.00 bits per heavy atom. The first-order chi connectivity index (χ1) is 8.13. The van der Waals surface area contributed by atoms with Crippen LogP contribution in [0, 0.1) is 3.95 Å². The van der Waals surface area contributed by atoms with Crippen LogP contribution in [0.4, 0.5) is 16.5 Å². The van der Waals surface area contributed by atoms with E-state index in [0.717, 1.165) is 11.4 Å². The number of carbonyl (C=O) groups excluding carboxylic acids is 1. The van der Waals surface area contributed by atoms with Crippen LogP contribution >= 0.6 is 23.6 Å². The van der Waals surface area contributed by atoms with Crippen LogP contribution in [0.15, 0.2) is 24.3 Å². The molecule has 88 valence electrons. The molecule has 0 unspecified atom stereocenters. The maximum atomic E-state index is 10.8. The molecule has 2 rings (SSSR count). The Kier molecular flexibility index (Phi) is 3.50. The Labute approximate surface area is 107 Å². The quantitative estimate of drug-likeness (QED) is 0.747. The van der Waals surface area contributed by atoms with Gasteiger partial charge in [-0.05, 0) is 36.5 Å². The predicted octanol–water partition coefficient (Wildman–Crippen LogP) is 2.90. The van der Waals surface area contributed by atoms with E-state index < -0.39 is 0 Å². The van der Waals surface area contributed by atoms with Crippen LogP contribution in [0.2, 0.25) is 0 Å². The van der Waals surface area contributed by atoms with Crippen LogP contribution in [-0.2, 0) is 4.79 Å². The van der Waals surface area contributed by atoms with E-state index >= 15 is 0 Å². The summed E-state index contributed by atoms with van der Waals surface area (Å²) in [6, 6.07) is 7.34. The molecule has 0 saturated heterocycles. The molecule has 1 amide bonds. The second-order valence-corrected chi connectivity index (χ2v) is 4.97. The van der Waals surface area contributed by atoms with Crippen LogP contribution in [0.3, 0.4) is 0 Å². The van der Waals surface area contributed by atoms with Crippen LogP contribution in [0.25, 0.3) is 0 Å². The molecule has 0 atom stereocenters. The molecule has 17 heavy (non-hydrogen) atoms. The molecular formula is C10H10N4OS2. The maximum absolute atomic E-state index is 10.8. The Balaban J connectivity index is 2.08. The minimum atomic E-state index is -0.0871. The number of benzene rings is 1. The average Bonchev–Trinajstić information content (AvgIpc) is 2.66. The molecule has 0 aliphatic carbocycles. The van der Waals surface area contributed by atoms with Crippen molar-refractivity contribution in [2.24, 2.45) is 0 Å². The first-order valence-corrected chi connectivity index (χ1v) is 6.06. The molecule has 5 nitrogen and oxygen atoms in total. The van der Waals surface area contributed by atoms with Gasteiger partial charge in [-0.15, -0.1) is 5.10 Å². The first kappa shape index (κ1) is 11.7. The number of nitrogens with zero attached hydrogens (tertiary/aromatic N) is 1. The van der Waals surface area contributed by atoms with E-state index in [2.05, 4.69) is 20.8 Å². The van der Waals surface area contributed by atoms with Crippen molar-refractivity contribution in [2.45, 2.75) is 6.92 Å². The van der Waals surface area contributed by atoms with Crippen LogP contribution < -0.4 is 10.6 Å². The lowest BCUT2D eigenvalue weighted by Crippen LogP contribution is -2.05. The van der Waals surface area contributed by atoms with Gasteiger partial charge in [0.1, 0.15) is 0 Å². The summed E-state index contributed by atoms with van der Waals surface area (Å²) < 4.78 is 0.627. The summed E-state index contributed by atoms with van der Waals surface area (Å²) in [7, 11) is 0. The molecule has 0 aliphatic heterocycles. The summed E-state index contributed by atoms with van der Waals surface area (Å²) in [5.41, 5.74) is 1.65. The number of aromatic amines is 1. The summed E-state index contributed by atoms with van der Waals surface area (Å²) in [6.07, 6.45) is 0. The third-order valence-electron chi connectivity index (χ3n) is 1.89. The standard InChI is InChI=1S/C10H10N4OS2/c1-6(15)11-7-2-4-8(5-3-7)12-9-13-14-10(16)17-9/h2-5H,1H3,(H,11,15)(H,12,13)(H,14,16). The lowest BCUT2D eigenvalue weighted by molar-refractivity contribution is -0.114. The number of amides is 1. The molecule has 1 aromatic heterocycles. The zero-order valence-corrected chi connectivity index (χ0v) is 10.6. The second kappa shape index (κ2) is 5.07. The van der Waals surface area contributed by atoms with Gasteiger partial charge >= 0.3 is 0 Å². The molecule has 0 radical (unpaired) electrons. The van der Waals surface area contributed by atoms with Gasteiger partial charge in [-0.25, -0.2) is 0 Å². The fourth-order valence-corrected chi connectivity index (χ4v) is 2.06. The van der Waals surface area contributed by atoms with Crippen molar-refractivity contribution in [1.29, 1.82) is 0 Å². The molecule has 2 aromatic rings. The minimum Gasteiger partial charge on any atom is -0.330 e. The molecular weight excluding hydrogens is 256 g/mol. The third-order valence-corrected chi connectivity index (χ3v) is 2.90. The van der Waals surface area contributed by atoms with Gasteiger partial charge in [0.25, 0.3) is 0 Å². The van der Waals surface area contributed by atoms with Crippen LogP contribution in [0.1, 0.15) is 6.92 Å². The van der Waals surface area contributed by atoms with Gasteiger partial charge in [-0.2, -0.15) is 0 Å². The fraction of sp³-hybridized carbons (Fsp3) is 0.100. The molecule has 7 heteroatoms. The van der Waals surface area contributed by atoms with Crippen molar-refractivity contribution in [1.82, 2.24) is 10.2 Å². The molecule has 1 heterocycles. The number of hydrogen-bond acceptors (Lipinski definition) is 5. The molecule has 0 spiro atoms. The number of carbonyl (C=O) groups is 1. The van der Waals surface area contributed by atoms with Crippen molar-refractivity contribution >= 4 is 46.0 Å². The lowest BCUT2D eigenvalue weighted by atomic mass is 10.3. The molecule has 0 bridgehead atoms. The molecule has 1 aromatic carbocycles. The Morgan fingerprint density at radius 1 is 1.35 bits per heavy atom. The summed E-state index contributed by atoms with van der Waals surface area (Å²) in [5.74, 6) is -0.0871. The smallest absolute Gasteiger partial charge is 0.221 e. The van der Waals surface area contributed by atoms with Gasteiger partial charge in [0.15, 0.2) is 3.95 Å².